The molecule has 2 N–H and O–H groups in total. The van der Waals surface area contributed by atoms with Gasteiger partial charge in [0.2, 0.25) is 0 Å². The highest BCUT2D eigenvalue weighted by molar-refractivity contribution is 5.88. The zero-order valence-corrected chi connectivity index (χ0v) is 11.9. The third kappa shape index (κ3) is 2.65. The average Bonchev–Trinajstić information content (AvgIpc) is 3.07. The SMILES string of the molecule is CCc1cc(C(=O)O)cc(NCC2CC3CCC2C3)n1. The molecule has 4 nitrogen and oxygen atoms in total. The van der Waals surface area contributed by atoms with Crippen LogP contribution in [0, 0.1) is 17.8 Å². The van der Waals surface area contributed by atoms with E-state index in [1.54, 1.807) is 12.1 Å². The average molecular weight is 274 g/mol. The number of aromatic carboxylic acids is 1. The molecule has 2 bridgehead atoms. The molecule has 1 aromatic rings. The standard InChI is InChI=1S/C16H22N2O2/c1-2-14-7-12(16(19)20)8-15(18-14)17-9-13-6-10-3-4-11(13)5-10/h7-8,10-11,13H,2-6,9H2,1H3,(H,17,18)(H,19,20). The van der Waals surface area contributed by atoms with Crippen molar-refractivity contribution in [3.63, 3.8) is 0 Å². The largest absolute Gasteiger partial charge is 0.478 e. The highest BCUT2D eigenvalue weighted by Crippen LogP contribution is 2.48. The van der Waals surface area contributed by atoms with Crippen LogP contribution in [0.15, 0.2) is 12.1 Å². The van der Waals surface area contributed by atoms with Crippen molar-refractivity contribution in [3.05, 3.63) is 23.4 Å². The van der Waals surface area contributed by atoms with Crippen molar-refractivity contribution in [2.24, 2.45) is 17.8 Å². The van der Waals surface area contributed by atoms with Crippen molar-refractivity contribution in [1.29, 1.82) is 0 Å². The van der Waals surface area contributed by atoms with E-state index in [-0.39, 0.29) is 0 Å². The number of anilines is 1. The number of rotatable bonds is 5. The fourth-order valence-corrected chi connectivity index (χ4v) is 3.85. The highest BCUT2D eigenvalue weighted by atomic mass is 16.4. The van der Waals surface area contributed by atoms with Gasteiger partial charge in [-0.15, -0.1) is 0 Å². The summed E-state index contributed by atoms with van der Waals surface area (Å²) >= 11 is 0. The first-order valence-corrected chi connectivity index (χ1v) is 7.63. The van der Waals surface area contributed by atoms with E-state index in [0.29, 0.717) is 11.4 Å². The smallest absolute Gasteiger partial charge is 0.335 e. The number of aromatic nitrogens is 1. The third-order valence-electron chi connectivity index (χ3n) is 4.92. The Morgan fingerprint density at radius 2 is 2.25 bits per heavy atom. The third-order valence-corrected chi connectivity index (χ3v) is 4.92. The zero-order chi connectivity index (χ0) is 14.1. The van der Waals surface area contributed by atoms with Crippen molar-refractivity contribution in [1.82, 2.24) is 4.98 Å². The molecule has 3 unspecified atom stereocenters. The van der Waals surface area contributed by atoms with Crippen LogP contribution in [-0.4, -0.2) is 22.6 Å². The Balaban J connectivity index is 1.67. The van der Waals surface area contributed by atoms with E-state index in [4.69, 9.17) is 5.11 Å². The summed E-state index contributed by atoms with van der Waals surface area (Å²) in [4.78, 5) is 15.6. The number of hydrogen-bond donors (Lipinski definition) is 2. The Morgan fingerprint density at radius 3 is 2.85 bits per heavy atom. The van der Waals surface area contributed by atoms with Gasteiger partial charge in [-0.1, -0.05) is 13.3 Å². The maximum absolute atomic E-state index is 11.1. The summed E-state index contributed by atoms with van der Waals surface area (Å²) in [6.45, 7) is 2.92. The van der Waals surface area contributed by atoms with Gasteiger partial charge in [0.25, 0.3) is 0 Å². The van der Waals surface area contributed by atoms with Crippen LogP contribution in [-0.2, 0) is 6.42 Å². The van der Waals surface area contributed by atoms with Crippen LogP contribution in [0.2, 0.25) is 0 Å². The van der Waals surface area contributed by atoms with E-state index in [9.17, 15) is 4.79 Å². The molecule has 0 aliphatic heterocycles. The number of carboxylic acid groups (broad SMARTS) is 1. The molecule has 2 fully saturated rings. The van der Waals surface area contributed by atoms with Gasteiger partial charge in [-0.3, -0.25) is 0 Å². The van der Waals surface area contributed by atoms with Crippen LogP contribution in [0.4, 0.5) is 5.82 Å². The quantitative estimate of drug-likeness (QED) is 0.865. The molecule has 0 aromatic carbocycles. The highest BCUT2D eigenvalue weighted by Gasteiger charge is 2.39. The Labute approximate surface area is 119 Å². The van der Waals surface area contributed by atoms with Gasteiger partial charge in [-0.2, -0.15) is 0 Å². The Kier molecular flexibility index (Phi) is 3.64. The Hall–Kier alpha value is -1.58. The minimum Gasteiger partial charge on any atom is -0.478 e. The minimum absolute atomic E-state index is 0.326. The first kappa shape index (κ1) is 13.4. The van der Waals surface area contributed by atoms with Crippen molar-refractivity contribution in [3.8, 4) is 0 Å². The van der Waals surface area contributed by atoms with Crippen LogP contribution >= 0.6 is 0 Å². The molecule has 0 amide bonds. The first-order chi connectivity index (χ1) is 9.65. The van der Waals surface area contributed by atoms with Crippen molar-refractivity contribution < 1.29 is 9.90 Å². The second kappa shape index (κ2) is 5.43. The van der Waals surface area contributed by atoms with E-state index in [0.717, 1.165) is 36.4 Å². The second-order valence-electron chi connectivity index (χ2n) is 6.21. The van der Waals surface area contributed by atoms with Gasteiger partial charge in [-0.05, 0) is 55.6 Å². The molecule has 108 valence electrons. The molecule has 0 spiro atoms. The molecule has 2 aliphatic carbocycles. The molecule has 20 heavy (non-hydrogen) atoms. The van der Waals surface area contributed by atoms with Gasteiger partial charge in [0.1, 0.15) is 5.82 Å². The maximum Gasteiger partial charge on any atom is 0.335 e. The molecule has 2 saturated carbocycles. The van der Waals surface area contributed by atoms with Gasteiger partial charge < -0.3 is 10.4 Å². The number of nitrogens with zero attached hydrogens (tertiary/aromatic N) is 1. The lowest BCUT2D eigenvalue weighted by Crippen LogP contribution is -2.20. The molecule has 1 heterocycles. The van der Waals surface area contributed by atoms with Gasteiger partial charge >= 0.3 is 5.97 Å². The molecule has 4 heteroatoms. The Bertz CT molecular complexity index is 515. The molecule has 1 aromatic heterocycles. The van der Waals surface area contributed by atoms with Crippen LogP contribution in [0.5, 0.6) is 0 Å². The molecular weight excluding hydrogens is 252 g/mol. The summed E-state index contributed by atoms with van der Waals surface area (Å²) in [5.41, 5.74) is 1.16. The lowest BCUT2D eigenvalue weighted by molar-refractivity contribution is 0.0696. The molecule has 3 rings (SSSR count). The van der Waals surface area contributed by atoms with Crippen molar-refractivity contribution >= 4 is 11.8 Å². The maximum atomic E-state index is 11.1. The van der Waals surface area contributed by atoms with E-state index >= 15 is 0 Å². The number of carbonyl (C=O) groups is 1. The molecule has 2 aliphatic rings. The molecular formula is C16H22N2O2. The summed E-state index contributed by atoms with van der Waals surface area (Å²) in [7, 11) is 0. The van der Waals surface area contributed by atoms with Crippen LogP contribution in [0.25, 0.3) is 0 Å². The van der Waals surface area contributed by atoms with Crippen molar-refractivity contribution in [2.45, 2.75) is 39.0 Å². The monoisotopic (exact) mass is 274 g/mol. The van der Waals surface area contributed by atoms with E-state index in [1.165, 1.54) is 25.7 Å². The summed E-state index contributed by atoms with van der Waals surface area (Å²) in [6.07, 6.45) is 6.27. The van der Waals surface area contributed by atoms with Gasteiger partial charge in [0, 0.05) is 12.2 Å². The normalized spacial score (nSPS) is 27.8. The summed E-state index contributed by atoms with van der Waals surface area (Å²) in [5, 5.41) is 12.5. The Morgan fingerprint density at radius 1 is 1.40 bits per heavy atom. The summed E-state index contributed by atoms with van der Waals surface area (Å²) < 4.78 is 0. The molecule has 0 saturated heterocycles. The topological polar surface area (TPSA) is 62.2 Å². The number of nitrogens with one attached hydrogen (secondary N) is 1. The number of pyridine rings is 1. The summed E-state index contributed by atoms with van der Waals surface area (Å²) in [6, 6.07) is 3.31. The second-order valence-corrected chi connectivity index (χ2v) is 6.21. The van der Waals surface area contributed by atoms with Crippen LogP contribution in [0.3, 0.4) is 0 Å². The van der Waals surface area contributed by atoms with Crippen molar-refractivity contribution in [2.75, 3.05) is 11.9 Å². The van der Waals surface area contributed by atoms with E-state index in [2.05, 4.69) is 10.3 Å². The fraction of sp³-hybridized carbons (Fsp3) is 0.625. The van der Waals surface area contributed by atoms with Crippen LogP contribution < -0.4 is 5.32 Å². The zero-order valence-electron chi connectivity index (χ0n) is 11.9. The van der Waals surface area contributed by atoms with E-state index in [1.807, 2.05) is 6.92 Å². The van der Waals surface area contributed by atoms with E-state index < -0.39 is 5.97 Å². The number of carboxylic acids is 1. The predicted octanol–water partition coefficient (Wildman–Crippen LogP) is 3.19. The summed E-state index contributed by atoms with van der Waals surface area (Å²) in [5.74, 6) is 2.39. The molecule has 3 atom stereocenters. The van der Waals surface area contributed by atoms with Crippen LogP contribution in [0.1, 0.15) is 48.7 Å². The van der Waals surface area contributed by atoms with Gasteiger partial charge in [0.15, 0.2) is 0 Å². The first-order valence-electron chi connectivity index (χ1n) is 7.63. The minimum atomic E-state index is -0.884. The molecule has 0 radical (unpaired) electrons. The lowest BCUT2D eigenvalue weighted by Gasteiger charge is -2.22. The van der Waals surface area contributed by atoms with Gasteiger partial charge in [-0.25, -0.2) is 9.78 Å². The predicted molar refractivity (Wildman–Crippen MR) is 78.0 cm³/mol. The lowest BCUT2D eigenvalue weighted by atomic mass is 9.89. The van der Waals surface area contributed by atoms with Gasteiger partial charge in [0.05, 0.1) is 5.56 Å². The number of hydrogen-bond acceptors (Lipinski definition) is 3. The number of fused-ring (bicyclic) bond motifs is 2. The fourth-order valence-electron chi connectivity index (χ4n) is 3.85. The number of aryl methyl sites for hydroxylation is 1.